The first-order chi connectivity index (χ1) is 8.79. The minimum atomic E-state index is 0.578. The van der Waals surface area contributed by atoms with Crippen molar-refractivity contribution in [3.8, 4) is 5.69 Å². The predicted octanol–water partition coefficient (Wildman–Crippen LogP) is 2.09. The second-order valence-corrected chi connectivity index (χ2v) is 4.54. The SMILES string of the molecule is CCc1ccc(-n2nc(N)c3c2CCOC3)cc1. The predicted molar refractivity (Wildman–Crippen MR) is 70.7 cm³/mol. The van der Waals surface area contributed by atoms with Crippen LogP contribution in [0, 0.1) is 0 Å². The maximum absolute atomic E-state index is 5.94. The fourth-order valence-electron chi connectivity index (χ4n) is 2.35. The summed E-state index contributed by atoms with van der Waals surface area (Å²) < 4.78 is 7.38. The van der Waals surface area contributed by atoms with Gasteiger partial charge in [0.05, 0.1) is 24.6 Å². The van der Waals surface area contributed by atoms with Crippen molar-refractivity contribution in [2.24, 2.45) is 0 Å². The lowest BCUT2D eigenvalue weighted by Gasteiger charge is -2.14. The molecule has 1 aliphatic heterocycles. The molecule has 1 aromatic carbocycles. The first kappa shape index (κ1) is 11.3. The average Bonchev–Trinajstić information content (AvgIpc) is 2.77. The van der Waals surface area contributed by atoms with Crippen molar-refractivity contribution < 1.29 is 4.74 Å². The van der Waals surface area contributed by atoms with E-state index in [9.17, 15) is 0 Å². The van der Waals surface area contributed by atoms with Gasteiger partial charge in [0.2, 0.25) is 0 Å². The van der Waals surface area contributed by atoms with Crippen molar-refractivity contribution >= 4 is 5.82 Å². The summed E-state index contributed by atoms with van der Waals surface area (Å²) in [5, 5.41) is 4.43. The highest BCUT2D eigenvalue weighted by Gasteiger charge is 2.20. The fraction of sp³-hybridized carbons (Fsp3) is 0.357. The van der Waals surface area contributed by atoms with Crippen molar-refractivity contribution in [3.63, 3.8) is 0 Å². The number of aryl methyl sites for hydroxylation is 1. The van der Waals surface area contributed by atoms with E-state index in [2.05, 4.69) is 36.3 Å². The first-order valence-corrected chi connectivity index (χ1v) is 6.33. The van der Waals surface area contributed by atoms with Crippen LogP contribution >= 0.6 is 0 Å². The second-order valence-electron chi connectivity index (χ2n) is 4.54. The number of nitrogen functional groups attached to an aromatic ring is 1. The van der Waals surface area contributed by atoms with E-state index in [1.165, 1.54) is 11.3 Å². The molecule has 0 amide bonds. The van der Waals surface area contributed by atoms with E-state index in [0.29, 0.717) is 12.4 Å². The summed E-state index contributed by atoms with van der Waals surface area (Å²) in [6, 6.07) is 8.47. The zero-order chi connectivity index (χ0) is 12.5. The molecular weight excluding hydrogens is 226 g/mol. The maximum Gasteiger partial charge on any atom is 0.151 e. The molecule has 0 atom stereocenters. The highest BCUT2D eigenvalue weighted by atomic mass is 16.5. The number of anilines is 1. The molecule has 3 rings (SSSR count). The molecule has 0 aliphatic carbocycles. The Morgan fingerprint density at radius 3 is 2.83 bits per heavy atom. The number of ether oxygens (including phenoxy) is 1. The second kappa shape index (κ2) is 4.46. The van der Waals surface area contributed by atoms with Crippen LogP contribution in [0.2, 0.25) is 0 Å². The van der Waals surface area contributed by atoms with Crippen molar-refractivity contribution in [3.05, 3.63) is 41.1 Å². The van der Waals surface area contributed by atoms with Gasteiger partial charge in [-0.3, -0.25) is 0 Å². The molecule has 0 unspecified atom stereocenters. The minimum absolute atomic E-state index is 0.578. The van der Waals surface area contributed by atoms with Crippen LogP contribution in [0.4, 0.5) is 5.82 Å². The summed E-state index contributed by atoms with van der Waals surface area (Å²) in [4.78, 5) is 0. The van der Waals surface area contributed by atoms with Gasteiger partial charge in [0.1, 0.15) is 0 Å². The molecule has 0 radical (unpaired) electrons. The molecule has 0 saturated carbocycles. The van der Waals surface area contributed by atoms with Gasteiger partial charge in [-0.05, 0) is 24.1 Å². The molecule has 0 spiro atoms. The highest BCUT2D eigenvalue weighted by molar-refractivity contribution is 5.48. The van der Waals surface area contributed by atoms with Crippen molar-refractivity contribution in [2.45, 2.75) is 26.4 Å². The van der Waals surface area contributed by atoms with Gasteiger partial charge in [0.15, 0.2) is 5.82 Å². The third-order valence-corrected chi connectivity index (χ3v) is 3.44. The summed E-state index contributed by atoms with van der Waals surface area (Å²) in [5.74, 6) is 0.587. The topological polar surface area (TPSA) is 53.1 Å². The fourth-order valence-corrected chi connectivity index (χ4v) is 2.35. The summed E-state index contributed by atoms with van der Waals surface area (Å²) in [5.41, 5.74) is 10.6. The smallest absolute Gasteiger partial charge is 0.151 e. The Hall–Kier alpha value is -1.81. The lowest BCUT2D eigenvalue weighted by Crippen LogP contribution is -2.13. The van der Waals surface area contributed by atoms with Crippen LogP contribution in [0.1, 0.15) is 23.7 Å². The van der Waals surface area contributed by atoms with E-state index in [1.807, 2.05) is 4.68 Å². The van der Waals surface area contributed by atoms with Crippen LogP contribution in [-0.4, -0.2) is 16.4 Å². The molecular formula is C14H17N3O. The van der Waals surface area contributed by atoms with Crippen LogP contribution in [0.3, 0.4) is 0 Å². The Kier molecular flexibility index (Phi) is 2.80. The quantitative estimate of drug-likeness (QED) is 0.878. The molecule has 0 bridgehead atoms. The Morgan fingerprint density at radius 1 is 1.33 bits per heavy atom. The van der Waals surface area contributed by atoms with Crippen LogP contribution < -0.4 is 5.73 Å². The Labute approximate surface area is 106 Å². The van der Waals surface area contributed by atoms with Crippen molar-refractivity contribution in [1.29, 1.82) is 0 Å². The zero-order valence-corrected chi connectivity index (χ0v) is 10.5. The number of fused-ring (bicyclic) bond motifs is 1. The molecule has 94 valence electrons. The Bertz CT molecular complexity index is 557. The van der Waals surface area contributed by atoms with Gasteiger partial charge in [-0.1, -0.05) is 19.1 Å². The maximum atomic E-state index is 5.94. The number of aromatic nitrogens is 2. The summed E-state index contributed by atoms with van der Waals surface area (Å²) in [7, 11) is 0. The van der Waals surface area contributed by atoms with Gasteiger partial charge in [-0.2, -0.15) is 5.10 Å². The minimum Gasteiger partial charge on any atom is -0.382 e. The lowest BCUT2D eigenvalue weighted by molar-refractivity contribution is 0.110. The molecule has 2 N–H and O–H groups in total. The first-order valence-electron chi connectivity index (χ1n) is 6.33. The number of nitrogens with zero attached hydrogens (tertiary/aromatic N) is 2. The van der Waals surface area contributed by atoms with Gasteiger partial charge < -0.3 is 10.5 Å². The zero-order valence-electron chi connectivity index (χ0n) is 10.5. The number of benzene rings is 1. The van der Waals surface area contributed by atoms with Crippen molar-refractivity contribution in [2.75, 3.05) is 12.3 Å². The monoisotopic (exact) mass is 243 g/mol. The van der Waals surface area contributed by atoms with Crippen LogP contribution in [0.25, 0.3) is 5.69 Å². The van der Waals surface area contributed by atoms with Crippen molar-refractivity contribution in [1.82, 2.24) is 9.78 Å². The van der Waals surface area contributed by atoms with E-state index < -0.39 is 0 Å². The van der Waals surface area contributed by atoms with Gasteiger partial charge in [-0.25, -0.2) is 4.68 Å². The van der Waals surface area contributed by atoms with Gasteiger partial charge >= 0.3 is 0 Å². The third-order valence-electron chi connectivity index (χ3n) is 3.44. The molecule has 1 aliphatic rings. The van der Waals surface area contributed by atoms with Gasteiger partial charge in [0.25, 0.3) is 0 Å². The summed E-state index contributed by atoms with van der Waals surface area (Å²) in [6.07, 6.45) is 1.92. The highest BCUT2D eigenvalue weighted by Crippen LogP contribution is 2.25. The Balaban J connectivity index is 2.05. The Morgan fingerprint density at radius 2 is 2.11 bits per heavy atom. The average molecular weight is 243 g/mol. The van der Waals surface area contributed by atoms with Crippen LogP contribution in [-0.2, 0) is 24.2 Å². The molecule has 2 aromatic rings. The van der Waals surface area contributed by atoms with E-state index >= 15 is 0 Å². The van der Waals surface area contributed by atoms with E-state index in [4.69, 9.17) is 10.5 Å². The molecule has 1 aromatic heterocycles. The molecule has 0 fully saturated rings. The normalized spacial score (nSPS) is 14.5. The van der Waals surface area contributed by atoms with E-state index in [-0.39, 0.29) is 0 Å². The molecule has 4 heteroatoms. The lowest BCUT2D eigenvalue weighted by atomic mass is 10.1. The van der Waals surface area contributed by atoms with Crippen LogP contribution in [0.15, 0.2) is 24.3 Å². The van der Waals surface area contributed by atoms with Crippen LogP contribution in [0.5, 0.6) is 0 Å². The molecule has 0 saturated heterocycles. The number of hydrogen-bond donors (Lipinski definition) is 1. The van der Waals surface area contributed by atoms with Gasteiger partial charge in [0, 0.05) is 12.0 Å². The number of hydrogen-bond acceptors (Lipinski definition) is 3. The van der Waals surface area contributed by atoms with E-state index in [1.54, 1.807) is 0 Å². The largest absolute Gasteiger partial charge is 0.382 e. The van der Waals surface area contributed by atoms with E-state index in [0.717, 1.165) is 30.7 Å². The summed E-state index contributed by atoms with van der Waals surface area (Å²) >= 11 is 0. The molecule has 2 heterocycles. The third kappa shape index (κ3) is 1.78. The molecule has 18 heavy (non-hydrogen) atoms. The van der Waals surface area contributed by atoms with Gasteiger partial charge in [-0.15, -0.1) is 0 Å². The number of nitrogens with two attached hydrogens (primary N) is 1. The number of rotatable bonds is 2. The summed E-state index contributed by atoms with van der Waals surface area (Å²) in [6.45, 7) is 3.47. The standard InChI is InChI=1S/C14H17N3O/c1-2-10-3-5-11(6-4-10)17-13-7-8-18-9-12(13)14(15)16-17/h3-6H,2,7-9H2,1H3,(H2,15,16). The molecule has 4 nitrogen and oxygen atoms in total.